The van der Waals surface area contributed by atoms with Crippen LogP contribution in [0.1, 0.15) is 66.1 Å². The van der Waals surface area contributed by atoms with Gasteiger partial charge in [-0.25, -0.2) is 8.42 Å². The highest BCUT2D eigenvalue weighted by Gasteiger charge is 2.31. The van der Waals surface area contributed by atoms with E-state index in [2.05, 4.69) is 25.9 Å². The molecule has 1 aliphatic rings. The van der Waals surface area contributed by atoms with Gasteiger partial charge in [0.05, 0.1) is 23.2 Å². The zero-order valence-electron chi connectivity index (χ0n) is 17.2. The van der Waals surface area contributed by atoms with Crippen molar-refractivity contribution in [2.45, 2.75) is 52.5 Å². The highest BCUT2D eigenvalue weighted by Crippen LogP contribution is 2.27. The number of sulfone groups is 1. The molecule has 28 heavy (non-hydrogen) atoms. The summed E-state index contributed by atoms with van der Waals surface area (Å²) >= 11 is 0. The van der Waals surface area contributed by atoms with Crippen LogP contribution in [0, 0.1) is 13.8 Å². The van der Waals surface area contributed by atoms with Gasteiger partial charge in [0.25, 0.3) is 0 Å². The second kappa shape index (κ2) is 7.32. The first-order valence-corrected chi connectivity index (χ1v) is 11.4. The number of hydrogen-bond acceptors (Lipinski definition) is 4. The van der Waals surface area contributed by atoms with Crippen molar-refractivity contribution >= 4 is 21.7 Å². The zero-order chi connectivity index (χ0) is 20.7. The third-order valence-corrected chi connectivity index (χ3v) is 7.12. The van der Waals surface area contributed by atoms with Crippen LogP contribution in [0.5, 0.6) is 0 Å². The number of rotatable bonds is 4. The Morgan fingerprint density at radius 2 is 1.82 bits per heavy atom. The third-order valence-electron chi connectivity index (χ3n) is 5.37. The summed E-state index contributed by atoms with van der Waals surface area (Å²) in [6.45, 7) is 10.2. The molecule has 1 fully saturated rings. The SMILES string of the molecule is Cc1nn([C@@H]2CCS(=O)(=O)C2)c(C)c1/C=C/C(=O)c1ccc(C(C)(C)C)cc1. The molecule has 1 aliphatic heterocycles. The van der Waals surface area contributed by atoms with E-state index in [4.69, 9.17) is 0 Å². The van der Waals surface area contributed by atoms with Crippen molar-refractivity contribution in [2.24, 2.45) is 0 Å². The fourth-order valence-electron chi connectivity index (χ4n) is 3.63. The minimum Gasteiger partial charge on any atom is -0.289 e. The Kier molecular flexibility index (Phi) is 5.36. The van der Waals surface area contributed by atoms with Crippen LogP contribution in [-0.2, 0) is 15.3 Å². The molecule has 150 valence electrons. The van der Waals surface area contributed by atoms with Gasteiger partial charge >= 0.3 is 0 Å². The van der Waals surface area contributed by atoms with Crippen LogP contribution in [0.15, 0.2) is 30.3 Å². The lowest BCUT2D eigenvalue weighted by atomic mass is 9.86. The second-order valence-electron chi connectivity index (χ2n) is 8.61. The van der Waals surface area contributed by atoms with Gasteiger partial charge in [-0.15, -0.1) is 0 Å². The highest BCUT2D eigenvalue weighted by molar-refractivity contribution is 7.91. The van der Waals surface area contributed by atoms with Crippen molar-refractivity contribution in [3.05, 3.63) is 58.4 Å². The maximum Gasteiger partial charge on any atom is 0.185 e. The molecular weight excluding hydrogens is 372 g/mol. The van der Waals surface area contributed by atoms with E-state index in [9.17, 15) is 13.2 Å². The van der Waals surface area contributed by atoms with E-state index in [1.54, 1.807) is 12.2 Å². The molecule has 0 aliphatic carbocycles. The molecule has 3 rings (SSSR count). The molecule has 0 bridgehead atoms. The molecule has 2 aromatic rings. The Balaban J connectivity index is 1.80. The number of carbonyl (C=O) groups excluding carboxylic acids is 1. The van der Waals surface area contributed by atoms with E-state index >= 15 is 0 Å². The van der Waals surface area contributed by atoms with Crippen molar-refractivity contribution < 1.29 is 13.2 Å². The lowest BCUT2D eigenvalue weighted by molar-refractivity contribution is 0.104. The van der Waals surface area contributed by atoms with Crippen LogP contribution in [0.4, 0.5) is 0 Å². The summed E-state index contributed by atoms with van der Waals surface area (Å²) in [5.74, 6) is 0.289. The normalized spacial score (nSPS) is 19.4. The van der Waals surface area contributed by atoms with Crippen molar-refractivity contribution in [2.75, 3.05) is 11.5 Å². The van der Waals surface area contributed by atoms with Gasteiger partial charge in [0.2, 0.25) is 0 Å². The quantitative estimate of drug-likeness (QED) is 0.573. The average molecular weight is 401 g/mol. The van der Waals surface area contributed by atoms with Gasteiger partial charge in [-0.2, -0.15) is 5.10 Å². The number of ketones is 1. The Morgan fingerprint density at radius 3 is 2.36 bits per heavy atom. The molecule has 0 unspecified atom stereocenters. The fraction of sp³-hybridized carbons (Fsp3) is 0.455. The molecule has 1 atom stereocenters. The van der Waals surface area contributed by atoms with Gasteiger partial charge in [-0.1, -0.05) is 45.0 Å². The van der Waals surface area contributed by atoms with Gasteiger partial charge in [-0.05, 0) is 43.4 Å². The molecule has 1 aromatic heterocycles. The number of hydrogen-bond donors (Lipinski definition) is 0. The van der Waals surface area contributed by atoms with Crippen LogP contribution in [0.25, 0.3) is 6.08 Å². The largest absolute Gasteiger partial charge is 0.289 e. The zero-order valence-corrected chi connectivity index (χ0v) is 18.0. The molecule has 0 saturated carbocycles. The van der Waals surface area contributed by atoms with E-state index in [0.717, 1.165) is 17.0 Å². The van der Waals surface area contributed by atoms with E-state index in [1.807, 2.05) is 42.8 Å². The predicted octanol–water partition coefficient (Wildman–Crippen LogP) is 4.05. The minimum absolute atomic E-state index is 0.0495. The highest BCUT2D eigenvalue weighted by atomic mass is 32.2. The monoisotopic (exact) mass is 400 g/mol. The first kappa shape index (κ1) is 20.5. The van der Waals surface area contributed by atoms with E-state index < -0.39 is 9.84 Å². The van der Waals surface area contributed by atoms with Crippen molar-refractivity contribution in [1.82, 2.24) is 9.78 Å². The standard InChI is InChI=1S/C22H28N2O3S/c1-15-20(16(2)24(23-15)19-12-13-28(26,27)14-19)10-11-21(25)17-6-8-18(9-7-17)22(3,4)5/h6-11,19H,12-14H2,1-5H3/b11-10+/t19-/m1/s1. The van der Waals surface area contributed by atoms with Crippen molar-refractivity contribution in [3.8, 4) is 0 Å². The molecule has 0 spiro atoms. The number of aromatic nitrogens is 2. The summed E-state index contributed by atoms with van der Waals surface area (Å²) in [5, 5.41) is 4.54. The Morgan fingerprint density at radius 1 is 1.18 bits per heavy atom. The average Bonchev–Trinajstić information content (AvgIpc) is 3.11. The molecule has 0 N–H and O–H groups in total. The molecule has 5 nitrogen and oxygen atoms in total. The molecule has 1 aromatic carbocycles. The number of aryl methyl sites for hydroxylation is 1. The number of allylic oxidation sites excluding steroid dienone is 1. The van der Waals surface area contributed by atoms with Crippen molar-refractivity contribution in [3.63, 3.8) is 0 Å². The van der Waals surface area contributed by atoms with Crippen LogP contribution in [-0.4, -0.2) is 35.5 Å². The second-order valence-corrected chi connectivity index (χ2v) is 10.8. The van der Waals surface area contributed by atoms with Gasteiger partial charge < -0.3 is 0 Å². The molecule has 1 saturated heterocycles. The lowest BCUT2D eigenvalue weighted by Crippen LogP contribution is -2.14. The number of carbonyl (C=O) groups is 1. The van der Waals surface area contributed by atoms with Crippen LogP contribution in [0.3, 0.4) is 0 Å². The van der Waals surface area contributed by atoms with Crippen LogP contribution < -0.4 is 0 Å². The smallest absolute Gasteiger partial charge is 0.185 e. The molecule has 0 radical (unpaired) electrons. The number of nitrogens with zero attached hydrogens (tertiary/aromatic N) is 2. The van der Waals surface area contributed by atoms with Crippen molar-refractivity contribution in [1.29, 1.82) is 0 Å². The fourth-order valence-corrected chi connectivity index (χ4v) is 5.32. The summed E-state index contributed by atoms with van der Waals surface area (Å²) in [4.78, 5) is 12.6. The van der Waals surface area contributed by atoms with Gasteiger partial charge in [0, 0.05) is 16.8 Å². The molecular formula is C22H28N2O3S. The van der Waals surface area contributed by atoms with E-state index in [-0.39, 0.29) is 28.7 Å². The first-order chi connectivity index (χ1) is 13.0. The number of benzene rings is 1. The van der Waals surface area contributed by atoms with Gasteiger partial charge in [0.15, 0.2) is 15.6 Å². The first-order valence-electron chi connectivity index (χ1n) is 9.57. The maximum absolute atomic E-state index is 12.6. The van der Waals surface area contributed by atoms with E-state index in [1.165, 1.54) is 5.56 Å². The summed E-state index contributed by atoms with van der Waals surface area (Å²) in [6, 6.07) is 7.60. The Bertz CT molecular complexity index is 1020. The predicted molar refractivity (Wildman–Crippen MR) is 113 cm³/mol. The van der Waals surface area contributed by atoms with E-state index in [0.29, 0.717) is 12.0 Å². The lowest BCUT2D eigenvalue weighted by Gasteiger charge is -2.18. The topological polar surface area (TPSA) is 69.0 Å². The third kappa shape index (κ3) is 4.27. The summed E-state index contributed by atoms with van der Waals surface area (Å²) in [6.07, 6.45) is 3.95. The van der Waals surface area contributed by atoms with Crippen LogP contribution in [0.2, 0.25) is 0 Å². The Labute approximate surface area is 167 Å². The Hall–Kier alpha value is -2.21. The molecule has 2 heterocycles. The van der Waals surface area contributed by atoms with Gasteiger partial charge in [-0.3, -0.25) is 9.48 Å². The maximum atomic E-state index is 12.6. The summed E-state index contributed by atoms with van der Waals surface area (Å²) in [7, 11) is -2.97. The minimum atomic E-state index is -2.97. The molecule has 0 amide bonds. The van der Waals surface area contributed by atoms with Gasteiger partial charge in [0.1, 0.15) is 0 Å². The summed E-state index contributed by atoms with van der Waals surface area (Å²) < 4.78 is 25.4. The molecule has 6 heteroatoms. The summed E-state index contributed by atoms with van der Waals surface area (Å²) in [5.41, 5.74) is 4.46. The van der Waals surface area contributed by atoms with Crippen LogP contribution >= 0.6 is 0 Å².